The summed E-state index contributed by atoms with van der Waals surface area (Å²) in [5, 5.41) is 3.54. The number of carbonyl (C=O) groups is 1. The van der Waals surface area contributed by atoms with Crippen molar-refractivity contribution in [3.63, 3.8) is 0 Å². The fourth-order valence-corrected chi connectivity index (χ4v) is 3.48. The molecule has 0 saturated heterocycles. The summed E-state index contributed by atoms with van der Waals surface area (Å²) < 4.78 is 39.8. The van der Waals surface area contributed by atoms with Gasteiger partial charge < -0.3 is 4.90 Å². The van der Waals surface area contributed by atoms with Crippen molar-refractivity contribution in [1.29, 1.82) is 0 Å². The Morgan fingerprint density at radius 3 is 2.47 bits per heavy atom. The number of aryl methyl sites for hydroxylation is 4. The Morgan fingerprint density at radius 1 is 1.13 bits per heavy atom. The minimum atomic E-state index is -4.64. The number of benzene rings is 1. The van der Waals surface area contributed by atoms with E-state index in [0.29, 0.717) is 29.9 Å². The Morgan fingerprint density at radius 2 is 1.83 bits per heavy atom. The molecule has 160 valence electrons. The lowest BCUT2D eigenvalue weighted by atomic mass is 10.0. The van der Waals surface area contributed by atoms with Crippen molar-refractivity contribution in [3.8, 4) is 0 Å². The molecule has 2 heterocycles. The summed E-state index contributed by atoms with van der Waals surface area (Å²) >= 11 is 0. The minimum Gasteiger partial charge on any atom is -0.341 e. The van der Waals surface area contributed by atoms with Crippen LogP contribution in [0, 0.1) is 27.7 Å². The van der Waals surface area contributed by atoms with Crippen molar-refractivity contribution in [2.24, 2.45) is 0 Å². The Hall–Kier alpha value is -2.97. The maximum atomic E-state index is 12.9. The molecule has 0 aliphatic rings. The van der Waals surface area contributed by atoms with E-state index in [4.69, 9.17) is 0 Å². The third-order valence-corrected chi connectivity index (χ3v) is 5.22. The first-order chi connectivity index (χ1) is 14.0. The van der Waals surface area contributed by atoms with Gasteiger partial charge in [0.05, 0.1) is 0 Å². The summed E-state index contributed by atoms with van der Waals surface area (Å²) in [6, 6.07) is 6.11. The summed E-state index contributed by atoms with van der Waals surface area (Å²) in [4.78, 5) is 21.9. The van der Waals surface area contributed by atoms with Crippen LogP contribution < -0.4 is 0 Å². The molecule has 0 spiro atoms. The summed E-state index contributed by atoms with van der Waals surface area (Å²) in [5.74, 6) is -1.37. The van der Waals surface area contributed by atoms with Crippen LogP contribution in [0.5, 0.6) is 0 Å². The quantitative estimate of drug-likeness (QED) is 0.628. The number of aromatic nitrogens is 4. The molecule has 0 unspecified atom stereocenters. The molecule has 2 aromatic heterocycles. The Labute approximate surface area is 172 Å². The van der Waals surface area contributed by atoms with Crippen molar-refractivity contribution in [1.82, 2.24) is 24.5 Å². The van der Waals surface area contributed by atoms with Gasteiger partial charge in [-0.25, -0.2) is 9.50 Å². The second-order valence-corrected chi connectivity index (χ2v) is 7.59. The van der Waals surface area contributed by atoms with Crippen LogP contribution in [0.3, 0.4) is 0 Å². The lowest BCUT2D eigenvalue weighted by Gasteiger charge is -2.19. The SMILES string of the molecule is Cc1ccc(CN(C)C(=O)CCc2c(C)nc3nc(C(F)(F)F)nn3c2C)c(C)c1. The summed E-state index contributed by atoms with van der Waals surface area (Å²) in [7, 11) is 1.75. The van der Waals surface area contributed by atoms with Gasteiger partial charge in [-0.3, -0.25) is 4.79 Å². The highest BCUT2D eigenvalue weighted by Gasteiger charge is 2.37. The molecule has 30 heavy (non-hydrogen) atoms. The first-order valence-electron chi connectivity index (χ1n) is 9.57. The van der Waals surface area contributed by atoms with Crippen molar-refractivity contribution in [2.75, 3.05) is 7.05 Å². The molecule has 3 rings (SSSR count). The van der Waals surface area contributed by atoms with Crippen molar-refractivity contribution in [3.05, 3.63) is 57.7 Å². The molecule has 9 heteroatoms. The van der Waals surface area contributed by atoms with Crippen LogP contribution in [-0.2, 0) is 23.9 Å². The Kier molecular flexibility index (Phi) is 5.83. The first kappa shape index (κ1) is 21.7. The highest BCUT2D eigenvalue weighted by atomic mass is 19.4. The average Bonchev–Trinajstić information content (AvgIpc) is 3.08. The van der Waals surface area contributed by atoms with Crippen molar-refractivity contribution >= 4 is 11.7 Å². The summed E-state index contributed by atoms with van der Waals surface area (Å²) in [6.07, 6.45) is -4.06. The molecule has 0 N–H and O–H groups in total. The van der Waals surface area contributed by atoms with Gasteiger partial charge >= 0.3 is 6.18 Å². The van der Waals surface area contributed by atoms with E-state index in [1.165, 1.54) is 5.56 Å². The van der Waals surface area contributed by atoms with Crippen molar-refractivity contribution < 1.29 is 18.0 Å². The first-order valence-corrected chi connectivity index (χ1v) is 9.57. The monoisotopic (exact) mass is 419 g/mol. The van der Waals surface area contributed by atoms with Gasteiger partial charge in [-0.2, -0.15) is 18.2 Å². The van der Waals surface area contributed by atoms with Gasteiger partial charge in [0.25, 0.3) is 11.6 Å². The van der Waals surface area contributed by atoms with Crippen LogP contribution in [0.25, 0.3) is 5.78 Å². The van der Waals surface area contributed by atoms with Crippen LogP contribution in [-0.4, -0.2) is 37.4 Å². The highest BCUT2D eigenvalue weighted by Crippen LogP contribution is 2.27. The topological polar surface area (TPSA) is 63.4 Å². The van der Waals surface area contributed by atoms with Crippen molar-refractivity contribution in [2.45, 2.75) is 53.3 Å². The standard InChI is InChI=1S/C21H24F3N5O/c1-12-6-7-16(13(2)10-12)11-28(5)18(30)9-8-17-14(3)25-20-26-19(21(22,23)24)27-29(20)15(17)4/h6-7,10H,8-9,11H2,1-5H3. The largest absolute Gasteiger partial charge is 0.453 e. The average molecular weight is 419 g/mol. The summed E-state index contributed by atoms with van der Waals surface area (Å²) in [5.41, 5.74) is 5.13. The van der Waals surface area contributed by atoms with E-state index in [-0.39, 0.29) is 18.1 Å². The zero-order chi connectivity index (χ0) is 22.2. The second kappa shape index (κ2) is 8.04. The number of alkyl halides is 3. The second-order valence-electron chi connectivity index (χ2n) is 7.59. The van der Waals surface area contributed by atoms with Gasteiger partial charge in [-0.05, 0) is 50.8 Å². The Balaban J connectivity index is 1.75. The maximum absolute atomic E-state index is 12.9. The molecule has 1 aromatic carbocycles. The number of halogens is 3. The Bertz CT molecular complexity index is 1100. The smallest absolute Gasteiger partial charge is 0.341 e. The third-order valence-electron chi connectivity index (χ3n) is 5.22. The molecular weight excluding hydrogens is 395 g/mol. The number of hydrogen-bond donors (Lipinski definition) is 0. The van der Waals surface area contributed by atoms with Gasteiger partial charge in [-0.1, -0.05) is 23.8 Å². The number of rotatable bonds is 5. The van der Waals surface area contributed by atoms with E-state index < -0.39 is 12.0 Å². The molecule has 0 aliphatic heterocycles. The summed E-state index contributed by atoms with van der Waals surface area (Å²) in [6.45, 7) is 7.90. The van der Waals surface area contributed by atoms with Gasteiger partial charge in [-0.15, -0.1) is 5.10 Å². The van der Waals surface area contributed by atoms with E-state index in [1.54, 1.807) is 25.8 Å². The van der Waals surface area contributed by atoms with Gasteiger partial charge in [0, 0.05) is 31.4 Å². The molecule has 0 saturated carbocycles. The van der Waals surface area contributed by atoms with Crippen LogP contribution >= 0.6 is 0 Å². The molecule has 6 nitrogen and oxygen atoms in total. The number of fused-ring (bicyclic) bond motifs is 1. The number of amides is 1. The van der Waals surface area contributed by atoms with Gasteiger partial charge in [0.1, 0.15) is 0 Å². The number of hydrogen-bond acceptors (Lipinski definition) is 4. The van der Waals surface area contributed by atoms with E-state index in [1.807, 2.05) is 26.0 Å². The normalized spacial score (nSPS) is 11.9. The zero-order valence-electron chi connectivity index (χ0n) is 17.6. The zero-order valence-corrected chi connectivity index (χ0v) is 17.6. The van der Waals surface area contributed by atoms with Crippen LogP contribution in [0.4, 0.5) is 13.2 Å². The van der Waals surface area contributed by atoms with E-state index >= 15 is 0 Å². The fourth-order valence-electron chi connectivity index (χ4n) is 3.48. The third kappa shape index (κ3) is 4.44. The maximum Gasteiger partial charge on any atom is 0.453 e. The van der Waals surface area contributed by atoms with E-state index in [0.717, 1.165) is 15.6 Å². The predicted octanol–water partition coefficient (Wildman–Crippen LogP) is 3.97. The molecular formula is C21H24F3N5O. The van der Waals surface area contributed by atoms with Gasteiger partial charge in [0.2, 0.25) is 5.91 Å². The predicted molar refractivity (Wildman–Crippen MR) is 106 cm³/mol. The number of carbonyl (C=O) groups excluding carboxylic acids is 1. The van der Waals surface area contributed by atoms with Crippen LogP contribution in [0.1, 0.15) is 45.9 Å². The molecule has 1 amide bonds. The molecule has 0 fully saturated rings. The lowest BCUT2D eigenvalue weighted by Crippen LogP contribution is -2.27. The molecule has 0 bridgehead atoms. The lowest BCUT2D eigenvalue weighted by molar-refractivity contribution is -0.144. The van der Waals surface area contributed by atoms with Gasteiger partial charge in [0.15, 0.2) is 0 Å². The van der Waals surface area contributed by atoms with E-state index in [2.05, 4.69) is 21.1 Å². The van der Waals surface area contributed by atoms with Crippen LogP contribution in [0.2, 0.25) is 0 Å². The van der Waals surface area contributed by atoms with Crippen LogP contribution in [0.15, 0.2) is 18.2 Å². The fraction of sp³-hybridized carbons (Fsp3) is 0.429. The molecule has 0 aliphatic carbocycles. The number of nitrogens with zero attached hydrogens (tertiary/aromatic N) is 5. The highest BCUT2D eigenvalue weighted by molar-refractivity contribution is 5.76. The molecule has 3 aromatic rings. The molecule has 0 atom stereocenters. The van der Waals surface area contributed by atoms with E-state index in [9.17, 15) is 18.0 Å². The molecule has 0 radical (unpaired) electrons. The minimum absolute atomic E-state index is 0.0524.